The number of aromatic nitrogens is 2. The lowest BCUT2D eigenvalue weighted by Gasteiger charge is -2.23. The van der Waals surface area contributed by atoms with Crippen LogP contribution in [0, 0.1) is 0 Å². The molecule has 1 fully saturated rings. The van der Waals surface area contributed by atoms with Gasteiger partial charge in [0.25, 0.3) is 11.8 Å². The quantitative estimate of drug-likeness (QED) is 0.728. The lowest BCUT2D eigenvalue weighted by molar-refractivity contribution is 0.0116. The van der Waals surface area contributed by atoms with Gasteiger partial charge in [-0.1, -0.05) is 0 Å². The first-order valence-electron chi connectivity index (χ1n) is 8.83. The third-order valence-electron chi connectivity index (χ3n) is 4.77. The van der Waals surface area contributed by atoms with Crippen molar-refractivity contribution in [2.24, 2.45) is 0 Å². The van der Waals surface area contributed by atoms with Gasteiger partial charge in [0.2, 0.25) is 0 Å². The SMILES string of the molecule is COc1ccc2cc(C(=O)N3CC(F)(F)CC3COc3cccnc3)[nH]c2c1. The number of nitrogens with zero attached hydrogens (tertiary/aromatic N) is 2. The molecule has 8 heteroatoms. The Morgan fingerprint density at radius 1 is 1.32 bits per heavy atom. The van der Waals surface area contributed by atoms with Crippen LogP contribution in [0.25, 0.3) is 10.9 Å². The Balaban J connectivity index is 1.55. The summed E-state index contributed by atoms with van der Waals surface area (Å²) in [6.45, 7) is -0.660. The zero-order chi connectivity index (χ0) is 19.7. The van der Waals surface area contributed by atoms with Crippen molar-refractivity contribution in [3.8, 4) is 11.5 Å². The predicted octanol–water partition coefficient (Wildman–Crippen LogP) is 3.50. The lowest BCUT2D eigenvalue weighted by Crippen LogP contribution is -2.39. The van der Waals surface area contributed by atoms with E-state index in [1.165, 1.54) is 11.1 Å². The minimum atomic E-state index is -2.95. The number of alkyl halides is 2. The number of pyridine rings is 1. The number of amides is 1. The maximum Gasteiger partial charge on any atom is 0.270 e. The maximum absolute atomic E-state index is 14.1. The fourth-order valence-corrected chi connectivity index (χ4v) is 3.41. The number of carbonyl (C=O) groups excluding carboxylic acids is 1. The predicted molar refractivity (Wildman–Crippen MR) is 99.0 cm³/mol. The highest BCUT2D eigenvalue weighted by Gasteiger charge is 2.47. The van der Waals surface area contributed by atoms with Gasteiger partial charge in [-0.05, 0) is 30.3 Å². The molecule has 1 aromatic carbocycles. The van der Waals surface area contributed by atoms with E-state index in [-0.39, 0.29) is 12.3 Å². The fraction of sp³-hybridized carbons (Fsp3) is 0.300. The molecule has 146 valence electrons. The summed E-state index contributed by atoms with van der Waals surface area (Å²) in [5.74, 6) is -2.31. The number of rotatable bonds is 5. The Hall–Kier alpha value is -3.16. The third-order valence-corrected chi connectivity index (χ3v) is 4.77. The molecule has 1 aliphatic rings. The molecular formula is C20H19F2N3O3. The number of nitrogens with one attached hydrogen (secondary N) is 1. The maximum atomic E-state index is 14.1. The van der Waals surface area contributed by atoms with Gasteiger partial charge >= 0.3 is 0 Å². The van der Waals surface area contributed by atoms with Crippen molar-refractivity contribution < 1.29 is 23.0 Å². The Labute approximate surface area is 160 Å². The van der Waals surface area contributed by atoms with E-state index < -0.39 is 30.8 Å². The van der Waals surface area contributed by atoms with E-state index in [2.05, 4.69) is 9.97 Å². The van der Waals surface area contributed by atoms with Crippen LogP contribution in [0.15, 0.2) is 48.8 Å². The topological polar surface area (TPSA) is 67.4 Å². The van der Waals surface area contributed by atoms with Crippen LogP contribution in [0.2, 0.25) is 0 Å². The number of benzene rings is 1. The second-order valence-electron chi connectivity index (χ2n) is 6.78. The van der Waals surface area contributed by atoms with E-state index in [1.807, 2.05) is 6.07 Å². The van der Waals surface area contributed by atoms with Gasteiger partial charge in [0, 0.05) is 29.6 Å². The van der Waals surface area contributed by atoms with Crippen LogP contribution >= 0.6 is 0 Å². The van der Waals surface area contributed by atoms with Crippen LogP contribution in [0.4, 0.5) is 8.78 Å². The van der Waals surface area contributed by atoms with Gasteiger partial charge in [-0.15, -0.1) is 0 Å². The number of H-pyrrole nitrogens is 1. The summed E-state index contributed by atoms with van der Waals surface area (Å²) in [6, 6.07) is 9.66. The molecule has 1 N–H and O–H groups in total. The van der Waals surface area contributed by atoms with Gasteiger partial charge in [-0.2, -0.15) is 0 Å². The lowest BCUT2D eigenvalue weighted by atomic mass is 10.2. The number of halogens is 2. The summed E-state index contributed by atoms with van der Waals surface area (Å²) >= 11 is 0. The molecule has 1 amide bonds. The molecule has 1 saturated heterocycles. The summed E-state index contributed by atoms with van der Waals surface area (Å²) in [5.41, 5.74) is 0.962. The summed E-state index contributed by atoms with van der Waals surface area (Å²) in [6.07, 6.45) is 2.66. The Morgan fingerprint density at radius 3 is 2.93 bits per heavy atom. The molecule has 1 unspecified atom stereocenters. The molecule has 0 radical (unpaired) electrons. The smallest absolute Gasteiger partial charge is 0.270 e. The van der Waals surface area contributed by atoms with Crippen molar-refractivity contribution in [2.75, 3.05) is 20.3 Å². The van der Waals surface area contributed by atoms with Crippen molar-refractivity contribution in [3.05, 3.63) is 54.5 Å². The number of methoxy groups -OCH3 is 1. The monoisotopic (exact) mass is 387 g/mol. The van der Waals surface area contributed by atoms with Gasteiger partial charge in [-0.25, -0.2) is 8.78 Å². The number of fused-ring (bicyclic) bond motifs is 1. The average Bonchev–Trinajstić information content (AvgIpc) is 3.26. The Bertz CT molecular complexity index is 991. The molecule has 28 heavy (non-hydrogen) atoms. The molecular weight excluding hydrogens is 368 g/mol. The highest BCUT2D eigenvalue weighted by molar-refractivity contribution is 5.98. The van der Waals surface area contributed by atoms with Gasteiger partial charge in [0.15, 0.2) is 0 Å². The zero-order valence-electron chi connectivity index (χ0n) is 15.2. The normalized spacial score (nSPS) is 18.4. The highest BCUT2D eigenvalue weighted by Crippen LogP contribution is 2.34. The van der Waals surface area contributed by atoms with Gasteiger partial charge in [-0.3, -0.25) is 9.78 Å². The van der Waals surface area contributed by atoms with Crippen molar-refractivity contribution in [3.63, 3.8) is 0 Å². The average molecular weight is 387 g/mol. The van der Waals surface area contributed by atoms with Crippen molar-refractivity contribution in [2.45, 2.75) is 18.4 Å². The standard InChI is InChI=1S/C20H19F2N3O3/c1-27-15-5-4-13-7-18(24-17(13)8-15)19(26)25-12-20(21,22)9-14(25)11-28-16-3-2-6-23-10-16/h2-8,10,14,24H,9,11-12H2,1H3. The number of ether oxygens (including phenoxy) is 2. The third kappa shape index (κ3) is 3.62. The van der Waals surface area contributed by atoms with E-state index in [0.717, 1.165) is 5.39 Å². The first-order valence-corrected chi connectivity index (χ1v) is 8.83. The molecule has 0 spiro atoms. The first-order chi connectivity index (χ1) is 13.4. The largest absolute Gasteiger partial charge is 0.497 e. The van der Waals surface area contributed by atoms with Crippen molar-refractivity contribution in [1.82, 2.24) is 14.9 Å². The number of hydrogen-bond donors (Lipinski definition) is 1. The Kier molecular flexibility index (Phi) is 4.62. The number of likely N-dealkylation sites (tertiary alicyclic amines) is 1. The molecule has 0 bridgehead atoms. The van der Waals surface area contributed by atoms with Crippen LogP contribution in [0.1, 0.15) is 16.9 Å². The Morgan fingerprint density at radius 2 is 2.18 bits per heavy atom. The molecule has 0 aliphatic carbocycles. The zero-order valence-corrected chi connectivity index (χ0v) is 15.2. The minimum absolute atomic E-state index is 0.0267. The highest BCUT2D eigenvalue weighted by atomic mass is 19.3. The van der Waals surface area contributed by atoms with Crippen LogP contribution < -0.4 is 9.47 Å². The molecule has 2 aromatic heterocycles. The van der Waals surface area contributed by atoms with E-state index in [4.69, 9.17) is 9.47 Å². The van der Waals surface area contributed by atoms with E-state index in [0.29, 0.717) is 17.0 Å². The molecule has 6 nitrogen and oxygen atoms in total. The fourth-order valence-electron chi connectivity index (χ4n) is 3.41. The second-order valence-corrected chi connectivity index (χ2v) is 6.78. The van der Waals surface area contributed by atoms with Crippen molar-refractivity contribution in [1.29, 1.82) is 0 Å². The van der Waals surface area contributed by atoms with Gasteiger partial charge in [0.05, 0.1) is 25.9 Å². The summed E-state index contributed by atoms with van der Waals surface area (Å²) in [4.78, 5) is 21.1. The van der Waals surface area contributed by atoms with Crippen LogP contribution in [-0.4, -0.2) is 53.0 Å². The molecule has 4 rings (SSSR count). The summed E-state index contributed by atoms with van der Waals surface area (Å²) in [7, 11) is 1.55. The first kappa shape index (κ1) is 18.2. The number of hydrogen-bond acceptors (Lipinski definition) is 4. The summed E-state index contributed by atoms with van der Waals surface area (Å²) < 4.78 is 38.9. The van der Waals surface area contributed by atoms with E-state index in [9.17, 15) is 13.6 Å². The number of carbonyl (C=O) groups is 1. The summed E-state index contributed by atoms with van der Waals surface area (Å²) in [5, 5.41) is 0.804. The van der Waals surface area contributed by atoms with Crippen LogP contribution in [0.3, 0.4) is 0 Å². The van der Waals surface area contributed by atoms with Gasteiger partial charge < -0.3 is 19.4 Å². The molecule has 3 heterocycles. The second kappa shape index (κ2) is 7.10. The molecule has 3 aromatic rings. The molecule has 0 saturated carbocycles. The number of aromatic amines is 1. The van der Waals surface area contributed by atoms with Crippen molar-refractivity contribution >= 4 is 16.8 Å². The molecule has 1 aliphatic heterocycles. The van der Waals surface area contributed by atoms with Crippen LogP contribution in [0.5, 0.6) is 11.5 Å². The van der Waals surface area contributed by atoms with E-state index >= 15 is 0 Å². The van der Waals surface area contributed by atoms with Crippen LogP contribution in [-0.2, 0) is 0 Å². The van der Waals surface area contributed by atoms with E-state index in [1.54, 1.807) is 43.6 Å². The minimum Gasteiger partial charge on any atom is -0.497 e. The van der Waals surface area contributed by atoms with Gasteiger partial charge in [0.1, 0.15) is 23.8 Å². The molecule has 1 atom stereocenters.